The van der Waals surface area contributed by atoms with Gasteiger partial charge in [-0.3, -0.25) is 5.41 Å². The van der Waals surface area contributed by atoms with Crippen molar-refractivity contribution in [1.82, 2.24) is 0 Å². The second kappa shape index (κ2) is 2.85. The van der Waals surface area contributed by atoms with E-state index in [1.54, 1.807) is 7.11 Å². The summed E-state index contributed by atoms with van der Waals surface area (Å²) in [4.78, 5) is 0. The molecule has 1 N–H and O–H groups in total. The van der Waals surface area contributed by atoms with E-state index in [-0.39, 0.29) is 0 Å². The maximum Gasteiger partial charge on any atom is 0.183 e. The third-order valence-corrected chi connectivity index (χ3v) is 1.95. The van der Waals surface area contributed by atoms with Crippen LogP contribution in [-0.2, 0) is 4.74 Å². The predicted molar refractivity (Wildman–Crippen MR) is 36.7 cm³/mol. The molecule has 0 atom stereocenters. The van der Waals surface area contributed by atoms with Crippen molar-refractivity contribution in [2.24, 2.45) is 5.92 Å². The van der Waals surface area contributed by atoms with Crippen LogP contribution in [0.5, 0.6) is 0 Å². The highest BCUT2D eigenvalue weighted by molar-refractivity contribution is 5.75. The molecule has 2 heteroatoms. The van der Waals surface area contributed by atoms with Crippen molar-refractivity contribution >= 4 is 5.90 Å². The first-order valence-electron chi connectivity index (χ1n) is 3.47. The van der Waals surface area contributed by atoms with Gasteiger partial charge in [0.15, 0.2) is 5.90 Å². The molecule has 0 aromatic rings. The molecule has 9 heavy (non-hydrogen) atoms. The molecule has 0 saturated heterocycles. The molecule has 0 spiro atoms. The fourth-order valence-corrected chi connectivity index (χ4v) is 1.35. The number of methoxy groups -OCH3 is 1. The minimum absolute atomic E-state index is 0.440. The van der Waals surface area contributed by atoms with Gasteiger partial charge in [-0.15, -0.1) is 0 Å². The first-order chi connectivity index (χ1) is 4.34. The van der Waals surface area contributed by atoms with Crippen LogP contribution in [0.15, 0.2) is 0 Å². The van der Waals surface area contributed by atoms with Gasteiger partial charge in [-0.25, -0.2) is 0 Å². The van der Waals surface area contributed by atoms with Crippen LogP contribution < -0.4 is 0 Å². The van der Waals surface area contributed by atoms with Crippen molar-refractivity contribution in [1.29, 1.82) is 5.41 Å². The largest absolute Gasteiger partial charge is 0.484 e. The zero-order valence-corrected chi connectivity index (χ0v) is 5.81. The van der Waals surface area contributed by atoms with Crippen LogP contribution in [0.4, 0.5) is 0 Å². The van der Waals surface area contributed by atoms with Gasteiger partial charge in [-0.1, -0.05) is 12.8 Å². The number of hydrogen-bond donors (Lipinski definition) is 1. The number of rotatable bonds is 1. The van der Waals surface area contributed by atoms with Crippen molar-refractivity contribution in [3.05, 3.63) is 0 Å². The van der Waals surface area contributed by atoms with Crippen molar-refractivity contribution in [3.63, 3.8) is 0 Å². The smallest absolute Gasteiger partial charge is 0.183 e. The molecule has 1 rings (SSSR count). The Balaban J connectivity index is 2.32. The third kappa shape index (κ3) is 1.44. The highest BCUT2D eigenvalue weighted by Crippen LogP contribution is 2.25. The minimum atomic E-state index is 0.440. The van der Waals surface area contributed by atoms with Gasteiger partial charge in [0, 0.05) is 5.92 Å². The molecule has 52 valence electrons. The van der Waals surface area contributed by atoms with Crippen LogP contribution in [0, 0.1) is 11.3 Å². The fraction of sp³-hybridized carbons (Fsp3) is 0.857. The number of ether oxygens (including phenoxy) is 1. The van der Waals surface area contributed by atoms with Gasteiger partial charge in [0.2, 0.25) is 0 Å². The summed E-state index contributed by atoms with van der Waals surface area (Å²) in [7, 11) is 1.58. The zero-order valence-electron chi connectivity index (χ0n) is 5.81. The van der Waals surface area contributed by atoms with Crippen molar-refractivity contribution in [2.75, 3.05) is 7.11 Å². The van der Waals surface area contributed by atoms with Crippen LogP contribution in [0.1, 0.15) is 25.7 Å². The highest BCUT2D eigenvalue weighted by Gasteiger charge is 2.19. The van der Waals surface area contributed by atoms with Crippen molar-refractivity contribution < 1.29 is 4.74 Å². The summed E-state index contributed by atoms with van der Waals surface area (Å²) in [5, 5.41) is 7.31. The Kier molecular flexibility index (Phi) is 2.09. The summed E-state index contributed by atoms with van der Waals surface area (Å²) in [6.45, 7) is 0. The Morgan fingerprint density at radius 3 is 2.44 bits per heavy atom. The summed E-state index contributed by atoms with van der Waals surface area (Å²) in [6.07, 6.45) is 4.87. The van der Waals surface area contributed by atoms with Gasteiger partial charge in [0.1, 0.15) is 0 Å². The average Bonchev–Trinajstić information content (AvgIpc) is 2.37. The van der Waals surface area contributed by atoms with E-state index in [0.717, 1.165) is 12.8 Å². The fourth-order valence-electron chi connectivity index (χ4n) is 1.35. The molecule has 0 unspecified atom stereocenters. The van der Waals surface area contributed by atoms with Crippen LogP contribution in [0.25, 0.3) is 0 Å². The van der Waals surface area contributed by atoms with Gasteiger partial charge >= 0.3 is 0 Å². The Morgan fingerprint density at radius 1 is 1.44 bits per heavy atom. The summed E-state index contributed by atoms with van der Waals surface area (Å²) in [6, 6.07) is 0. The molecule has 0 aliphatic heterocycles. The molecule has 1 saturated carbocycles. The second-order valence-electron chi connectivity index (χ2n) is 2.55. The Hall–Kier alpha value is -0.530. The molecule has 0 heterocycles. The molecule has 1 aliphatic rings. The number of nitrogens with one attached hydrogen (secondary N) is 1. The lowest BCUT2D eigenvalue weighted by atomic mass is 10.1. The van der Waals surface area contributed by atoms with Crippen LogP contribution in [0.2, 0.25) is 0 Å². The Morgan fingerprint density at radius 2 is 2.00 bits per heavy atom. The zero-order chi connectivity index (χ0) is 6.69. The lowest BCUT2D eigenvalue weighted by Gasteiger charge is -2.07. The van der Waals surface area contributed by atoms with E-state index in [4.69, 9.17) is 10.1 Å². The maximum absolute atomic E-state index is 7.31. The summed E-state index contributed by atoms with van der Waals surface area (Å²) >= 11 is 0. The highest BCUT2D eigenvalue weighted by atomic mass is 16.5. The quantitative estimate of drug-likeness (QED) is 0.423. The van der Waals surface area contributed by atoms with Crippen LogP contribution >= 0.6 is 0 Å². The van der Waals surface area contributed by atoms with E-state index in [0.29, 0.717) is 11.8 Å². The number of hydrogen-bond acceptors (Lipinski definition) is 2. The standard InChI is InChI=1S/C7H13NO/c1-9-7(8)6-4-2-3-5-6/h6,8H,2-5H2,1H3. The first kappa shape index (κ1) is 6.59. The van der Waals surface area contributed by atoms with Gasteiger partial charge in [0.05, 0.1) is 7.11 Å². The first-order valence-corrected chi connectivity index (χ1v) is 3.47. The van der Waals surface area contributed by atoms with Crippen molar-refractivity contribution in [2.45, 2.75) is 25.7 Å². The van der Waals surface area contributed by atoms with E-state index in [2.05, 4.69) is 0 Å². The van der Waals surface area contributed by atoms with E-state index in [1.807, 2.05) is 0 Å². The van der Waals surface area contributed by atoms with Gasteiger partial charge in [-0.05, 0) is 12.8 Å². The molecular weight excluding hydrogens is 114 g/mol. The summed E-state index contributed by atoms with van der Waals surface area (Å²) < 4.78 is 4.82. The van der Waals surface area contributed by atoms with Crippen LogP contribution in [-0.4, -0.2) is 13.0 Å². The average molecular weight is 127 g/mol. The SMILES string of the molecule is COC(=N)C1CCCC1. The van der Waals surface area contributed by atoms with E-state index in [1.165, 1.54) is 12.8 Å². The van der Waals surface area contributed by atoms with Gasteiger partial charge in [-0.2, -0.15) is 0 Å². The molecule has 0 aromatic heterocycles. The molecular formula is C7H13NO. The van der Waals surface area contributed by atoms with E-state index >= 15 is 0 Å². The lowest BCUT2D eigenvalue weighted by molar-refractivity contribution is 0.361. The maximum atomic E-state index is 7.31. The topological polar surface area (TPSA) is 33.1 Å². The lowest BCUT2D eigenvalue weighted by Crippen LogP contribution is -2.10. The normalized spacial score (nSPS) is 20.1. The molecule has 0 aromatic carbocycles. The van der Waals surface area contributed by atoms with E-state index in [9.17, 15) is 0 Å². The Bertz CT molecular complexity index is 105. The van der Waals surface area contributed by atoms with E-state index < -0.39 is 0 Å². The molecule has 1 fully saturated rings. The molecule has 1 aliphatic carbocycles. The monoisotopic (exact) mass is 127 g/mol. The molecule has 0 radical (unpaired) electrons. The summed E-state index contributed by atoms with van der Waals surface area (Å²) in [5.74, 6) is 0.919. The minimum Gasteiger partial charge on any atom is -0.484 e. The predicted octanol–water partition coefficient (Wildman–Crippen LogP) is 1.80. The van der Waals surface area contributed by atoms with Crippen LogP contribution in [0.3, 0.4) is 0 Å². The second-order valence-corrected chi connectivity index (χ2v) is 2.55. The Labute approximate surface area is 55.7 Å². The van der Waals surface area contributed by atoms with Crippen molar-refractivity contribution in [3.8, 4) is 0 Å². The van der Waals surface area contributed by atoms with Gasteiger partial charge < -0.3 is 4.74 Å². The molecule has 2 nitrogen and oxygen atoms in total. The summed E-state index contributed by atoms with van der Waals surface area (Å²) in [5.41, 5.74) is 0. The van der Waals surface area contributed by atoms with Gasteiger partial charge in [0.25, 0.3) is 0 Å². The third-order valence-electron chi connectivity index (χ3n) is 1.95. The molecule has 0 bridgehead atoms. The molecule has 0 amide bonds.